The number of hydrogen-bond donors (Lipinski definition) is 2. The highest BCUT2D eigenvalue weighted by Gasteiger charge is 2.39. The van der Waals surface area contributed by atoms with Crippen LogP contribution in [0.3, 0.4) is 0 Å². The van der Waals surface area contributed by atoms with Crippen LogP contribution in [0.5, 0.6) is 0 Å². The average Bonchev–Trinajstić information content (AvgIpc) is 3.15. The van der Waals surface area contributed by atoms with Crippen molar-refractivity contribution in [2.45, 2.75) is 44.2 Å². The number of aromatic nitrogens is 2. The Hall–Kier alpha value is -1.43. The first-order chi connectivity index (χ1) is 10.6. The van der Waals surface area contributed by atoms with E-state index in [-0.39, 0.29) is 5.54 Å². The van der Waals surface area contributed by atoms with Gasteiger partial charge in [0.2, 0.25) is 5.89 Å². The van der Waals surface area contributed by atoms with Gasteiger partial charge in [0.25, 0.3) is 0 Å². The molecule has 1 aromatic carbocycles. The van der Waals surface area contributed by atoms with Crippen molar-refractivity contribution in [1.29, 1.82) is 0 Å². The molecule has 5 nitrogen and oxygen atoms in total. The van der Waals surface area contributed by atoms with Crippen molar-refractivity contribution >= 4 is 11.6 Å². The first-order valence-electron chi connectivity index (χ1n) is 7.59. The summed E-state index contributed by atoms with van der Waals surface area (Å²) in [7, 11) is 0. The molecule has 0 aliphatic heterocycles. The predicted octanol–water partition coefficient (Wildman–Crippen LogP) is 3.12. The van der Waals surface area contributed by atoms with Gasteiger partial charge in [-0.25, -0.2) is 0 Å². The van der Waals surface area contributed by atoms with Gasteiger partial charge in [0.05, 0.1) is 11.6 Å². The molecule has 22 heavy (non-hydrogen) atoms. The quantitative estimate of drug-likeness (QED) is 0.885. The Morgan fingerprint density at radius 3 is 2.73 bits per heavy atom. The zero-order valence-electron chi connectivity index (χ0n) is 12.6. The van der Waals surface area contributed by atoms with E-state index >= 15 is 0 Å². The molecule has 0 radical (unpaired) electrons. The number of aliphatic hydroxyl groups excluding tert-OH is 1. The lowest BCUT2D eigenvalue weighted by molar-refractivity contribution is 0.152. The maximum Gasteiger partial charge on any atom is 0.223 e. The van der Waals surface area contributed by atoms with E-state index in [1.165, 1.54) is 0 Å². The first kappa shape index (κ1) is 15.5. The SMILES string of the molecule is Cc1nc(C2(NCC(O)c3ccccc3Cl)CCCC2)no1. The van der Waals surface area contributed by atoms with Crippen molar-refractivity contribution < 1.29 is 9.63 Å². The monoisotopic (exact) mass is 321 g/mol. The summed E-state index contributed by atoms with van der Waals surface area (Å²) >= 11 is 6.14. The zero-order chi connectivity index (χ0) is 15.6. The van der Waals surface area contributed by atoms with E-state index in [4.69, 9.17) is 16.1 Å². The zero-order valence-corrected chi connectivity index (χ0v) is 13.3. The molecule has 0 amide bonds. The van der Waals surface area contributed by atoms with E-state index in [0.29, 0.717) is 23.3 Å². The van der Waals surface area contributed by atoms with Crippen LogP contribution in [0.4, 0.5) is 0 Å². The molecule has 0 bridgehead atoms. The Bertz CT molecular complexity index is 638. The third-order valence-corrected chi connectivity index (χ3v) is 4.65. The summed E-state index contributed by atoms with van der Waals surface area (Å²) in [5, 5.41) is 18.5. The van der Waals surface area contributed by atoms with Crippen LogP contribution in [0.15, 0.2) is 28.8 Å². The van der Waals surface area contributed by atoms with Gasteiger partial charge in [-0.2, -0.15) is 4.98 Å². The molecule has 6 heteroatoms. The summed E-state index contributed by atoms with van der Waals surface area (Å²) in [6.45, 7) is 2.19. The van der Waals surface area contributed by atoms with Crippen LogP contribution in [0.2, 0.25) is 5.02 Å². The predicted molar refractivity (Wildman–Crippen MR) is 83.6 cm³/mol. The number of rotatable bonds is 5. The van der Waals surface area contributed by atoms with Gasteiger partial charge in [0.15, 0.2) is 5.82 Å². The van der Waals surface area contributed by atoms with Gasteiger partial charge in [0.1, 0.15) is 0 Å². The molecule has 1 heterocycles. The van der Waals surface area contributed by atoms with Gasteiger partial charge < -0.3 is 14.9 Å². The normalized spacial score (nSPS) is 18.5. The number of aliphatic hydroxyl groups is 1. The Kier molecular flexibility index (Phi) is 4.47. The summed E-state index contributed by atoms with van der Waals surface area (Å²) < 4.78 is 5.13. The molecule has 0 spiro atoms. The standard InChI is InChI=1S/C16H20ClN3O2/c1-11-19-15(20-22-11)16(8-4-5-9-16)18-10-14(21)12-6-2-3-7-13(12)17/h2-3,6-7,14,18,21H,4-5,8-10H2,1H3. The minimum absolute atomic E-state index is 0.306. The lowest BCUT2D eigenvalue weighted by Gasteiger charge is -2.28. The van der Waals surface area contributed by atoms with Crippen LogP contribution in [0.25, 0.3) is 0 Å². The lowest BCUT2D eigenvalue weighted by Crippen LogP contribution is -2.43. The van der Waals surface area contributed by atoms with E-state index in [1.807, 2.05) is 18.2 Å². The Labute approximate surface area is 134 Å². The number of halogens is 1. The van der Waals surface area contributed by atoms with Gasteiger partial charge >= 0.3 is 0 Å². The summed E-state index contributed by atoms with van der Waals surface area (Å²) in [4.78, 5) is 4.39. The fourth-order valence-corrected chi connectivity index (χ4v) is 3.36. The van der Waals surface area contributed by atoms with Crippen molar-refractivity contribution in [2.24, 2.45) is 0 Å². The average molecular weight is 322 g/mol. The Morgan fingerprint density at radius 2 is 2.09 bits per heavy atom. The summed E-state index contributed by atoms with van der Waals surface area (Å²) in [6.07, 6.45) is 3.45. The van der Waals surface area contributed by atoms with Gasteiger partial charge in [-0.3, -0.25) is 0 Å². The maximum atomic E-state index is 10.4. The summed E-state index contributed by atoms with van der Waals surface area (Å²) in [5.41, 5.74) is 0.425. The molecular weight excluding hydrogens is 302 g/mol. The number of hydrogen-bond acceptors (Lipinski definition) is 5. The highest BCUT2D eigenvalue weighted by molar-refractivity contribution is 6.31. The number of nitrogens with one attached hydrogen (secondary N) is 1. The van der Waals surface area contributed by atoms with E-state index in [1.54, 1.807) is 13.0 Å². The fraction of sp³-hybridized carbons (Fsp3) is 0.500. The summed E-state index contributed by atoms with van der Waals surface area (Å²) in [5.74, 6) is 1.25. The Balaban J connectivity index is 1.74. The molecule has 1 saturated carbocycles. The number of aryl methyl sites for hydroxylation is 1. The van der Waals surface area contributed by atoms with Crippen molar-refractivity contribution in [2.75, 3.05) is 6.54 Å². The molecule has 0 saturated heterocycles. The molecule has 1 fully saturated rings. The van der Waals surface area contributed by atoms with Gasteiger partial charge in [-0.15, -0.1) is 0 Å². The van der Waals surface area contributed by atoms with E-state index in [0.717, 1.165) is 31.2 Å². The second kappa shape index (κ2) is 6.36. The maximum absolute atomic E-state index is 10.4. The third kappa shape index (κ3) is 3.02. The molecule has 2 aromatic rings. The van der Waals surface area contributed by atoms with Crippen molar-refractivity contribution in [3.05, 3.63) is 46.6 Å². The summed E-state index contributed by atoms with van der Waals surface area (Å²) in [6, 6.07) is 7.35. The first-order valence-corrected chi connectivity index (χ1v) is 7.97. The molecule has 1 aromatic heterocycles. The molecule has 1 aliphatic carbocycles. The molecule has 1 unspecified atom stereocenters. The largest absolute Gasteiger partial charge is 0.387 e. The van der Waals surface area contributed by atoms with Gasteiger partial charge in [0, 0.05) is 24.1 Å². The number of benzene rings is 1. The molecule has 3 rings (SSSR count). The van der Waals surface area contributed by atoms with E-state index < -0.39 is 6.10 Å². The van der Waals surface area contributed by atoms with Crippen LogP contribution >= 0.6 is 11.6 Å². The van der Waals surface area contributed by atoms with Crippen molar-refractivity contribution in [3.63, 3.8) is 0 Å². The third-order valence-electron chi connectivity index (χ3n) is 4.31. The van der Waals surface area contributed by atoms with Crippen LogP contribution < -0.4 is 5.32 Å². The van der Waals surface area contributed by atoms with Crippen LogP contribution in [0, 0.1) is 6.92 Å². The molecular formula is C16H20ClN3O2. The van der Waals surface area contributed by atoms with E-state index in [9.17, 15) is 5.11 Å². The number of nitrogens with zero attached hydrogens (tertiary/aromatic N) is 2. The molecule has 2 N–H and O–H groups in total. The van der Waals surface area contributed by atoms with Crippen LogP contribution in [0.1, 0.15) is 49.1 Å². The van der Waals surface area contributed by atoms with Crippen LogP contribution in [-0.4, -0.2) is 21.8 Å². The van der Waals surface area contributed by atoms with Crippen LogP contribution in [-0.2, 0) is 5.54 Å². The second-order valence-electron chi connectivity index (χ2n) is 5.84. The minimum atomic E-state index is -0.667. The second-order valence-corrected chi connectivity index (χ2v) is 6.25. The highest BCUT2D eigenvalue weighted by atomic mass is 35.5. The van der Waals surface area contributed by atoms with Gasteiger partial charge in [-0.05, 0) is 18.9 Å². The molecule has 1 atom stereocenters. The van der Waals surface area contributed by atoms with Gasteiger partial charge in [-0.1, -0.05) is 47.8 Å². The van der Waals surface area contributed by atoms with E-state index in [2.05, 4.69) is 15.5 Å². The smallest absolute Gasteiger partial charge is 0.223 e. The molecule has 1 aliphatic rings. The minimum Gasteiger partial charge on any atom is -0.387 e. The molecule has 118 valence electrons. The Morgan fingerprint density at radius 1 is 1.36 bits per heavy atom. The van der Waals surface area contributed by atoms with Crippen molar-refractivity contribution in [3.8, 4) is 0 Å². The fourth-order valence-electron chi connectivity index (χ4n) is 3.10. The van der Waals surface area contributed by atoms with Crippen molar-refractivity contribution in [1.82, 2.24) is 15.5 Å². The lowest BCUT2D eigenvalue weighted by atomic mass is 9.95. The topological polar surface area (TPSA) is 71.2 Å². The highest BCUT2D eigenvalue weighted by Crippen LogP contribution is 2.37.